The second kappa shape index (κ2) is 6.95. The molecule has 1 saturated heterocycles. The minimum atomic E-state index is -0.0800. The van der Waals surface area contributed by atoms with Crippen molar-refractivity contribution in [3.05, 3.63) is 28.8 Å². The molecule has 1 N–H and O–H groups in total. The van der Waals surface area contributed by atoms with Crippen LogP contribution in [0.1, 0.15) is 36.5 Å². The normalized spacial score (nSPS) is 18.8. The molecule has 0 spiro atoms. The van der Waals surface area contributed by atoms with Crippen molar-refractivity contribution in [1.82, 2.24) is 4.90 Å². The predicted octanol–water partition coefficient (Wildman–Crippen LogP) is 3.08. The van der Waals surface area contributed by atoms with Crippen LogP contribution in [-0.4, -0.2) is 41.7 Å². The summed E-state index contributed by atoms with van der Waals surface area (Å²) in [5.41, 5.74) is 0.491. The first-order valence-electron chi connectivity index (χ1n) is 7.01. The van der Waals surface area contributed by atoms with Gasteiger partial charge in [0.25, 0.3) is 5.91 Å². The van der Waals surface area contributed by atoms with E-state index in [0.717, 1.165) is 25.9 Å². The van der Waals surface area contributed by atoms with Gasteiger partial charge >= 0.3 is 0 Å². The van der Waals surface area contributed by atoms with Gasteiger partial charge < -0.3 is 14.7 Å². The lowest BCUT2D eigenvalue weighted by molar-refractivity contribution is -0.00311. The van der Waals surface area contributed by atoms with Crippen LogP contribution in [0.2, 0.25) is 5.02 Å². The molecule has 5 heteroatoms. The zero-order valence-electron chi connectivity index (χ0n) is 11.6. The van der Waals surface area contributed by atoms with E-state index in [9.17, 15) is 9.90 Å². The van der Waals surface area contributed by atoms with Gasteiger partial charge in [-0.25, -0.2) is 0 Å². The van der Waals surface area contributed by atoms with Crippen molar-refractivity contribution in [2.24, 2.45) is 0 Å². The first-order chi connectivity index (χ1) is 9.61. The van der Waals surface area contributed by atoms with Crippen molar-refractivity contribution in [3.63, 3.8) is 0 Å². The third-order valence-corrected chi connectivity index (χ3v) is 3.86. The van der Waals surface area contributed by atoms with E-state index in [1.165, 1.54) is 12.1 Å². The molecule has 0 radical (unpaired) electrons. The first-order valence-corrected chi connectivity index (χ1v) is 7.39. The van der Waals surface area contributed by atoms with Crippen LogP contribution in [-0.2, 0) is 4.74 Å². The lowest BCUT2D eigenvalue weighted by Gasteiger charge is -2.29. The summed E-state index contributed by atoms with van der Waals surface area (Å²) in [5, 5.41) is 9.60. The number of rotatable bonds is 4. The van der Waals surface area contributed by atoms with Gasteiger partial charge in [-0.3, -0.25) is 4.79 Å². The maximum absolute atomic E-state index is 12.4. The second-order valence-corrected chi connectivity index (χ2v) is 5.41. The van der Waals surface area contributed by atoms with Crippen LogP contribution in [0.15, 0.2) is 18.2 Å². The molecule has 1 aromatic rings. The number of likely N-dealkylation sites (N-methyl/N-ethyl adjacent to an activating group) is 1. The molecule has 20 heavy (non-hydrogen) atoms. The lowest BCUT2D eigenvalue weighted by Crippen LogP contribution is -2.39. The van der Waals surface area contributed by atoms with E-state index in [2.05, 4.69) is 0 Å². The largest absolute Gasteiger partial charge is 0.506 e. The molecule has 1 aliphatic rings. The van der Waals surface area contributed by atoms with Crippen molar-refractivity contribution in [2.45, 2.75) is 32.3 Å². The maximum atomic E-state index is 12.4. The predicted molar refractivity (Wildman–Crippen MR) is 78.3 cm³/mol. The minimum Gasteiger partial charge on any atom is -0.506 e. The molecule has 1 aliphatic heterocycles. The fraction of sp³-hybridized carbons (Fsp3) is 0.533. The van der Waals surface area contributed by atoms with Crippen LogP contribution < -0.4 is 0 Å². The molecular formula is C15H20ClNO3. The molecule has 0 saturated carbocycles. The number of carbonyl (C=O) groups is 1. The maximum Gasteiger partial charge on any atom is 0.253 e. The Hall–Kier alpha value is -1.26. The average molecular weight is 298 g/mol. The van der Waals surface area contributed by atoms with E-state index in [4.69, 9.17) is 16.3 Å². The Kier molecular flexibility index (Phi) is 5.26. The van der Waals surface area contributed by atoms with Gasteiger partial charge in [-0.2, -0.15) is 0 Å². The van der Waals surface area contributed by atoms with Gasteiger partial charge in [0.1, 0.15) is 5.75 Å². The van der Waals surface area contributed by atoms with Crippen LogP contribution in [0.25, 0.3) is 0 Å². The second-order valence-electron chi connectivity index (χ2n) is 5.00. The van der Waals surface area contributed by atoms with Crippen molar-refractivity contribution in [2.75, 3.05) is 19.7 Å². The standard InChI is InChI=1S/C15H20ClNO3/c1-2-17(10-12-5-3-4-8-20-12)15(19)11-6-7-14(18)13(16)9-11/h6-7,9,12,18H,2-5,8,10H2,1H3. The summed E-state index contributed by atoms with van der Waals surface area (Å²) in [5.74, 6) is -0.0922. The van der Waals surface area contributed by atoms with E-state index >= 15 is 0 Å². The zero-order valence-corrected chi connectivity index (χ0v) is 12.4. The average Bonchev–Trinajstić information content (AvgIpc) is 2.48. The molecule has 0 aromatic heterocycles. The fourth-order valence-electron chi connectivity index (χ4n) is 2.38. The molecule has 1 atom stereocenters. The quantitative estimate of drug-likeness (QED) is 0.929. The van der Waals surface area contributed by atoms with Crippen LogP contribution in [0.3, 0.4) is 0 Å². The number of amides is 1. The summed E-state index contributed by atoms with van der Waals surface area (Å²) in [7, 11) is 0. The molecule has 1 fully saturated rings. The summed E-state index contributed by atoms with van der Waals surface area (Å²) in [6, 6.07) is 4.54. The Morgan fingerprint density at radius 3 is 2.90 bits per heavy atom. The molecule has 4 nitrogen and oxygen atoms in total. The summed E-state index contributed by atoms with van der Waals surface area (Å²) in [6.45, 7) is 3.95. The number of benzene rings is 1. The highest BCUT2D eigenvalue weighted by Crippen LogP contribution is 2.24. The van der Waals surface area contributed by atoms with Crippen LogP contribution >= 0.6 is 11.6 Å². The molecule has 1 amide bonds. The minimum absolute atomic E-state index is 0.0121. The Labute approximate surface area is 124 Å². The van der Waals surface area contributed by atoms with E-state index in [1.807, 2.05) is 6.92 Å². The summed E-state index contributed by atoms with van der Waals surface area (Å²) in [4.78, 5) is 14.2. The Bertz CT molecular complexity index is 472. The molecule has 1 unspecified atom stereocenters. The van der Waals surface area contributed by atoms with Gasteiger partial charge in [-0.1, -0.05) is 11.6 Å². The highest BCUT2D eigenvalue weighted by Gasteiger charge is 2.21. The third-order valence-electron chi connectivity index (χ3n) is 3.56. The monoisotopic (exact) mass is 297 g/mol. The van der Waals surface area contributed by atoms with Gasteiger partial charge in [0.2, 0.25) is 0 Å². The van der Waals surface area contributed by atoms with Gasteiger partial charge in [-0.15, -0.1) is 0 Å². The van der Waals surface area contributed by atoms with Gasteiger partial charge in [0.05, 0.1) is 11.1 Å². The summed E-state index contributed by atoms with van der Waals surface area (Å²) < 4.78 is 5.68. The Balaban J connectivity index is 2.05. The van der Waals surface area contributed by atoms with Crippen LogP contribution in [0.5, 0.6) is 5.75 Å². The number of hydrogen-bond acceptors (Lipinski definition) is 3. The fourth-order valence-corrected chi connectivity index (χ4v) is 2.56. The van der Waals surface area contributed by atoms with Crippen LogP contribution in [0.4, 0.5) is 0 Å². The van der Waals surface area contributed by atoms with E-state index < -0.39 is 0 Å². The van der Waals surface area contributed by atoms with Gasteiger partial charge in [0.15, 0.2) is 0 Å². The topological polar surface area (TPSA) is 49.8 Å². The number of aromatic hydroxyl groups is 1. The smallest absolute Gasteiger partial charge is 0.253 e. The number of nitrogens with zero attached hydrogens (tertiary/aromatic N) is 1. The first kappa shape index (κ1) is 15.1. The molecule has 1 heterocycles. The van der Waals surface area contributed by atoms with Crippen molar-refractivity contribution < 1.29 is 14.6 Å². The van der Waals surface area contributed by atoms with Gasteiger partial charge in [0, 0.05) is 25.3 Å². The summed E-state index contributed by atoms with van der Waals surface area (Å²) >= 11 is 5.85. The summed E-state index contributed by atoms with van der Waals surface area (Å²) in [6.07, 6.45) is 3.38. The number of carbonyl (C=O) groups excluding carboxylic acids is 1. The highest BCUT2D eigenvalue weighted by atomic mass is 35.5. The Morgan fingerprint density at radius 2 is 2.30 bits per heavy atom. The van der Waals surface area contributed by atoms with E-state index in [1.54, 1.807) is 11.0 Å². The van der Waals surface area contributed by atoms with Crippen molar-refractivity contribution in [3.8, 4) is 5.75 Å². The Morgan fingerprint density at radius 1 is 1.50 bits per heavy atom. The molecular weight excluding hydrogens is 278 g/mol. The number of hydrogen-bond donors (Lipinski definition) is 1. The van der Waals surface area contributed by atoms with Crippen LogP contribution in [0, 0.1) is 0 Å². The highest BCUT2D eigenvalue weighted by molar-refractivity contribution is 6.32. The van der Waals surface area contributed by atoms with Crippen molar-refractivity contribution in [1.29, 1.82) is 0 Å². The zero-order chi connectivity index (χ0) is 14.5. The number of phenols is 1. The lowest BCUT2D eigenvalue weighted by atomic mass is 10.1. The SMILES string of the molecule is CCN(CC1CCCCO1)C(=O)c1ccc(O)c(Cl)c1. The number of halogens is 1. The van der Waals surface area contributed by atoms with E-state index in [-0.39, 0.29) is 22.8 Å². The number of ether oxygens (including phenoxy) is 1. The van der Waals surface area contributed by atoms with Crippen molar-refractivity contribution >= 4 is 17.5 Å². The number of phenolic OH excluding ortho intramolecular Hbond substituents is 1. The van der Waals surface area contributed by atoms with E-state index in [0.29, 0.717) is 18.7 Å². The molecule has 0 aliphatic carbocycles. The molecule has 0 bridgehead atoms. The molecule has 1 aromatic carbocycles. The van der Waals surface area contributed by atoms with Gasteiger partial charge in [-0.05, 0) is 44.4 Å². The third kappa shape index (κ3) is 3.64. The molecule has 110 valence electrons. The molecule has 2 rings (SSSR count).